The molecule has 0 fully saturated rings. The van der Waals surface area contributed by atoms with Crippen LogP contribution >= 0.6 is 0 Å². The van der Waals surface area contributed by atoms with Crippen LogP contribution in [0.15, 0.2) is 30.3 Å². The van der Waals surface area contributed by atoms with Crippen LogP contribution in [0.1, 0.15) is 32.3 Å². The molecule has 0 aliphatic rings. The highest BCUT2D eigenvalue weighted by Gasteiger charge is 2.24. The van der Waals surface area contributed by atoms with E-state index in [1.54, 1.807) is 0 Å². The summed E-state index contributed by atoms with van der Waals surface area (Å²) in [7, 11) is 0. The average Bonchev–Trinajstić information content (AvgIpc) is 2.23. The molecule has 0 unspecified atom stereocenters. The second kappa shape index (κ2) is 4.14. The van der Waals surface area contributed by atoms with Crippen molar-refractivity contribution >= 4 is 0 Å². The molecule has 0 saturated heterocycles. The molecule has 13 heavy (non-hydrogen) atoms. The molecule has 0 bridgehead atoms. The van der Waals surface area contributed by atoms with Crippen LogP contribution in [0.3, 0.4) is 0 Å². The Balaban J connectivity index is 3.10. The summed E-state index contributed by atoms with van der Waals surface area (Å²) < 4.78 is 0. The third-order valence-electron chi connectivity index (χ3n) is 2.81. The highest BCUT2D eigenvalue weighted by Crippen LogP contribution is 2.30. The summed E-state index contributed by atoms with van der Waals surface area (Å²) in [5.74, 6) is 2.93. The molecule has 0 spiro atoms. The smallest absolute Gasteiger partial charge is 0.0554 e. The van der Waals surface area contributed by atoms with Gasteiger partial charge in [-0.1, -0.05) is 50.1 Å². The van der Waals surface area contributed by atoms with Crippen molar-refractivity contribution in [3.05, 3.63) is 35.9 Å². The number of terminal acetylenes is 1. The quantitative estimate of drug-likeness (QED) is 0.613. The van der Waals surface area contributed by atoms with E-state index < -0.39 is 0 Å². The summed E-state index contributed by atoms with van der Waals surface area (Å²) in [4.78, 5) is 0. The van der Waals surface area contributed by atoms with E-state index >= 15 is 0 Å². The van der Waals surface area contributed by atoms with Crippen LogP contribution in [0.2, 0.25) is 0 Å². The van der Waals surface area contributed by atoms with Gasteiger partial charge in [0.15, 0.2) is 0 Å². The molecule has 0 aliphatic carbocycles. The van der Waals surface area contributed by atoms with Crippen molar-refractivity contribution in [2.45, 2.75) is 32.1 Å². The van der Waals surface area contributed by atoms with Gasteiger partial charge in [-0.15, -0.1) is 6.42 Å². The summed E-state index contributed by atoms with van der Waals surface area (Å²) in [6.45, 7) is 4.30. The third-order valence-corrected chi connectivity index (χ3v) is 2.81. The van der Waals surface area contributed by atoms with Crippen LogP contribution < -0.4 is 0 Å². The lowest BCUT2D eigenvalue weighted by atomic mass is 9.77. The van der Waals surface area contributed by atoms with Crippen LogP contribution in [0.25, 0.3) is 0 Å². The summed E-state index contributed by atoms with van der Waals surface area (Å²) in [5, 5.41) is 0. The van der Waals surface area contributed by atoms with Gasteiger partial charge in [0.1, 0.15) is 0 Å². The van der Waals surface area contributed by atoms with Gasteiger partial charge in [-0.05, 0) is 18.4 Å². The summed E-state index contributed by atoms with van der Waals surface area (Å²) in [5.41, 5.74) is 1.21. The molecule has 0 atom stereocenters. The lowest BCUT2D eigenvalue weighted by molar-refractivity contribution is 0.518. The van der Waals surface area contributed by atoms with Crippen molar-refractivity contribution in [2.24, 2.45) is 0 Å². The van der Waals surface area contributed by atoms with Gasteiger partial charge < -0.3 is 0 Å². The molecule has 0 heterocycles. The van der Waals surface area contributed by atoms with Crippen molar-refractivity contribution in [1.29, 1.82) is 0 Å². The topological polar surface area (TPSA) is 0 Å². The van der Waals surface area contributed by atoms with Gasteiger partial charge in [0.05, 0.1) is 5.41 Å². The Morgan fingerprint density at radius 1 is 1.15 bits per heavy atom. The highest BCUT2D eigenvalue weighted by atomic mass is 14.3. The minimum atomic E-state index is -0.0543. The van der Waals surface area contributed by atoms with E-state index in [9.17, 15) is 0 Å². The zero-order valence-electron chi connectivity index (χ0n) is 8.38. The van der Waals surface area contributed by atoms with Crippen molar-refractivity contribution in [3.63, 3.8) is 0 Å². The monoisotopic (exact) mass is 172 g/mol. The first kappa shape index (κ1) is 9.86. The van der Waals surface area contributed by atoms with Crippen LogP contribution in [-0.4, -0.2) is 0 Å². The van der Waals surface area contributed by atoms with Crippen molar-refractivity contribution < 1.29 is 0 Å². The van der Waals surface area contributed by atoms with Crippen LogP contribution in [0.5, 0.6) is 0 Å². The van der Waals surface area contributed by atoms with Gasteiger partial charge in [0.25, 0.3) is 0 Å². The van der Waals surface area contributed by atoms with Crippen LogP contribution in [0.4, 0.5) is 0 Å². The van der Waals surface area contributed by atoms with Gasteiger partial charge in [0.2, 0.25) is 0 Å². The second-order valence-corrected chi connectivity index (χ2v) is 3.30. The maximum absolute atomic E-state index is 5.61. The van der Waals surface area contributed by atoms with Crippen LogP contribution in [0, 0.1) is 12.3 Å². The largest absolute Gasteiger partial charge is 0.119 e. The van der Waals surface area contributed by atoms with E-state index in [-0.39, 0.29) is 5.41 Å². The molecule has 68 valence electrons. The van der Waals surface area contributed by atoms with E-state index in [4.69, 9.17) is 6.42 Å². The molecule has 0 aromatic heterocycles. The number of rotatable bonds is 3. The van der Waals surface area contributed by atoms with Gasteiger partial charge in [-0.3, -0.25) is 0 Å². The first-order valence-electron chi connectivity index (χ1n) is 4.82. The SMILES string of the molecule is C#CC(CC)(CC)c1ccccc1. The predicted octanol–water partition coefficient (Wildman–Crippen LogP) is 3.38. The molecule has 0 saturated carbocycles. The lowest BCUT2D eigenvalue weighted by Gasteiger charge is -2.25. The molecular weight excluding hydrogens is 156 g/mol. The summed E-state index contributed by atoms with van der Waals surface area (Å²) >= 11 is 0. The Labute approximate surface area is 81.0 Å². The molecule has 0 N–H and O–H groups in total. The molecule has 0 radical (unpaired) electrons. The Morgan fingerprint density at radius 2 is 1.69 bits per heavy atom. The maximum Gasteiger partial charge on any atom is 0.0554 e. The van der Waals surface area contributed by atoms with Crippen molar-refractivity contribution in [1.82, 2.24) is 0 Å². The Kier molecular flexibility index (Phi) is 3.14. The Bertz CT molecular complexity index is 286. The van der Waals surface area contributed by atoms with E-state index in [2.05, 4.69) is 31.9 Å². The molecule has 1 rings (SSSR count). The van der Waals surface area contributed by atoms with Gasteiger partial charge in [-0.25, -0.2) is 0 Å². The normalized spacial score (nSPS) is 10.8. The first-order chi connectivity index (χ1) is 6.29. The van der Waals surface area contributed by atoms with Crippen LogP contribution in [-0.2, 0) is 5.41 Å². The minimum Gasteiger partial charge on any atom is -0.119 e. The number of benzene rings is 1. The summed E-state index contributed by atoms with van der Waals surface area (Å²) in [6.07, 6.45) is 7.62. The molecule has 1 aromatic rings. The summed E-state index contributed by atoms with van der Waals surface area (Å²) in [6, 6.07) is 10.4. The highest BCUT2D eigenvalue weighted by molar-refractivity contribution is 5.33. The van der Waals surface area contributed by atoms with E-state index in [0.29, 0.717) is 0 Å². The average molecular weight is 172 g/mol. The molecule has 0 amide bonds. The fourth-order valence-electron chi connectivity index (χ4n) is 1.70. The number of hydrogen-bond donors (Lipinski definition) is 0. The molecule has 0 aliphatic heterocycles. The van der Waals surface area contributed by atoms with Gasteiger partial charge >= 0.3 is 0 Å². The lowest BCUT2D eigenvalue weighted by Crippen LogP contribution is -2.21. The fraction of sp³-hybridized carbons (Fsp3) is 0.385. The van der Waals surface area contributed by atoms with E-state index in [0.717, 1.165) is 12.8 Å². The fourth-order valence-corrected chi connectivity index (χ4v) is 1.70. The van der Waals surface area contributed by atoms with Crippen molar-refractivity contribution in [3.8, 4) is 12.3 Å². The van der Waals surface area contributed by atoms with E-state index in [1.165, 1.54) is 5.56 Å². The minimum absolute atomic E-state index is 0.0543. The molecule has 1 aromatic carbocycles. The molecule has 0 heteroatoms. The first-order valence-corrected chi connectivity index (χ1v) is 4.82. The Morgan fingerprint density at radius 3 is 2.08 bits per heavy atom. The number of hydrogen-bond acceptors (Lipinski definition) is 0. The zero-order chi connectivity index (χ0) is 9.73. The third kappa shape index (κ3) is 1.75. The second-order valence-electron chi connectivity index (χ2n) is 3.30. The van der Waals surface area contributed by atoms with Gasteiger partial charge in [-0.2, -0.15) is 0 Å². The standard InChI is InChI=1S/C13H16/c1-4-13(5-2,6-3)12-10-8-7-9-11-12/h1,7-11H,5-6H2,2-3H3. The predicted molar refractivity (Wildman–Crippen MR) is 57.5 cm³/mol. The van der Waals surface area contributed by atoms with Gasteiger partial charge in [0, 0.05) is 0 Å². The van der Waals surface area contributed by atoms with Crippen molar-refractivity contribution in [2.75, 3.05) is 0 Å². The molecule has 0 nitrogen and oxygen atoms in total. The zero-order valence-corrected chi connectivity index (χ0v) is 8.38. The van der Waals surface area contributed by atoms with E-state index in [1.807, 2.05) is 18.2 Å². The molecular formula is C13H16. The Hall–Kier alpha value is -1.22. The maximum atomic E-state index is 5.61.